The van der Waals surface area contributed by atoms with Gasteiger partial charge in [0, 0.05) is 0 Å². The molecule has 1 aromatic rings. The van der Waals surface area contributed by atoms with Crippen LogP contribution in [0.15, 0.2) is 23.2 Å². The molecule has 0 saturated carbocycles. The first-order valence-corrected chi connectivity index (χ1v) is 6.26. The monoisotopic (exact) mass is 250 g/mol. The van der Waals surface area contributed by atoms with Crippen molar-refractivity contribution in [2.24, 2.45) is 10.9 Å². The molecular formula is C14H19ClN2. The fourth-order valence-corrected chi connectivity index (χ4v) is 1.71. The molecule has 1 rings (SSSR count). The van der Waals surface area contributed by atoms with Crippen molar-refractivity contribution in [2.75, 3.05) is 0 Å². The number of benzene rings is 1. The highest BCUT2D eigenvalue weighted by Crippen LogP contribution is 2.22. The second-order valence-electron chi connectivity index (χ2n) is 4.45. The summed E-state index contributed by atoms with van der Waals surface area (Å²) in [7, 11) is 0. The van der Waals surface area contributed by atoms with Crippen LogP contribution in [0.2, 0.25) is 0 Å². The van der Waals surface area contributed by atoms with Crippen LogP contribution in [0.25, 0.3) is 0 Å². The van der Waals surface area contributed by atoms with Gasteiger partial charge in [-0.15, -0.1) is 0 Å². The molecule has 0 radical (unpaired) electrons. The Hall–Kier alpha value is -1.15. The average Bonchev–Trinajstić information content (AvgIpc) is 2.30. The van der Waals surface area contributed by atoms with Crippen molar-refractivity contribution in [3.63, 3.8) is 0 Å². The summed E-state index contributed by atoms with van der Waals surface area (Å²) < 4.78 is 0. The Morgan fingerprint density at radius 2 is 2.06 bits per heavy atom. The highest BCUT2D eigenvalue weighted by atomic mass is 35.5. The van der Waals surface area contributed by atoms with Gasteiger partial charge in [0.1, 0.15) is 0 Å². The van der Waals surface area contributed by atoms with Crippen molar-refractivity contribution in [3.05, 3.63) is 29.3 Å². The van der Waals surface area contributed by atoms with Gasteiger partial charge in [-0.2, -0.15) is 0 Å². The van der Waals surface area contributed by atoms with Crippen LogP contribution >= 0.6 is 11.6 Å². The van der Waals surface area contributed by atoms with Crippen molar-refractivity contribution in [3.8, 4) is 0 Å². The van der Waals surface area contributed by atoms with Crippen molar-refractivity contribution >= 4 is 28.2 Å². The SMILES string of the molecule is CCc1ccc(C)c(N=C(Cl)C(=N)C(C)C)c1. The smallest absolute Gasteiger partial charge is 0.150 e. The van der Waals surface area contributed by atoms with Gasteiger partial charge in [0.05, 0.1) is 11.4 Å². The number of rotatable bonds is 4. The summed E-state index contributed by atoms with van der Waals surface area (Å²) in [5, 5.41) is 8.09. The van der Waals surface area contributed by atoms with Crippen LogP contribution in [0.5, 0.6) is 0 Å². The van der Waals surface area contributed by atoms with Crippen LogP contribution in [-0.4, -0.2) is 10.9 Å². The van der Waals surface area contributed by atoms with E-state index in [9.17, 15) is 0 Å². The fourth-order valence-electron chi connectivity index (χ4n) is 1.40. The van der Waals surface area contributed by atoms with Crippen molar-refractivity contribution in [1.82, 2.24) is 0 Å². The third-order valence-electron chi connectivity index (χ3n) is 2.70. The van der Waals surface area contributed by atoms with E-state index in [-0.39, 0.29) is 11.1 Å². The summed E-state index contributed by atoms with van der Waals surface area (Å²) >= 11 is 6.05. The van der Waals surface area contributed by atoms with Crippen molar-refractivity contribution < 1.29 is 0 Å². The van der Waals surface area contributed by atoms with Gasteiger partial charge >= 0.3 is 0 Å². The molecular weight excluding hydrogens is 232 g/mol. The number of aliphatic imine (C=N–C) groups is 1. The lowest BCUT2D eigenvalue weighted by Crippen LogP contribution is -2.13. The maximum absolute atomic E-state index is 7.81. The first-order chi connectivity index (χ1) is 7.95. The highest BCUT2D eigenvalue weighted by molar-refractivity contribution is 6.83. The topological polar surface area (TPSA) is 36.2 Å². The first-order valence-electron chi connectivity index (χ1n) is 5.88. The lowest BCUT2D eigenvalue weighted by atomic mass is 10.1. The quantitative estimate of drug-likeness (QED) is 0.764. The Labute approximate surface area is 108 Å². The van der Waals surface area contributed by atoms with E-state index in [1.165, 1.54) is 5.56 Å². The van der Waals surface area contributed by atoms with Crippen LogP contribution in [-0.2, 0) is 6.42 Å². The predicted octanol–water partition coefficient (Wildman–Crippen LogP) is 4.50. The maximum atomic E-state index is 7.81. The minimum atomic E-state index is 0.0981. The van der Waals surface area contributed by atoms with E-state index in [2.05, 4.69) is 18.0 Å². The van der Waals surface area contributed by atoms with E-state index in [4.69, 9.17) is 17.0 Å². The minimum absolute atomic E-state index is 0.0981. The van der Waals surface area contributed by atoms with E-state index < -0.39 is 0 Å². The van der Waals surface area contributed by atoms with Gasteiger partial charge in [-0.1, -0.05) is 44.5 Å². The molecule has 3 heteroatoms. The molecule has 0 aromatic heterocycles. The molecule has 0 spiro atoms. The number of nitrogens with one attached hydrogen (secondary N) is 1. The van der Waals surface area contributed by atoms with E-state index in [0.717, 1.165) is 17.7 Å². The molecule has 0 atom stereocenters. The van der Waals surface area contributed by atoms with E-state index in [0.29, 0.717) is 5.71 Å². The van der Waals surface area contributed by atoms with Crippen LogP contribution in [0.4, 0.5) is 5.69 Å². The van der Waals surface area contributed by atoms with Gasteiger partial charge < -0.3 is 5.41 Å². The molecule has 1 aromatic carbocycles. The first kappa shape index (κ1) is 13.9. The van der Waals surface area contributed by atoms with Gasteiger partial charge in [-0.05, 0) is 36.5 Å². The molecule has 0 bridgehead atoms. The number of halogens is 1. The molecule has 17 heavy (non-hydrogen) atoms. The fraction of sp³-hybridized carbons (Fsp3) is 0.429. The zero-order valence-corrected chi connectivity index (χ0v) is 11.6. The van der Waals surface area contributed by atoms with Gasteiger partial charge in [0.2, 0.25) is 0 Å². The number of nitrogens with zero attached hydrogens (tertiary/aromatic N) is 1. The highest BCUT2D eigenvalue weighted by Gasteiger charge is 2.09. The summed E-state index contributed by atoms with van der Waals surface area (Å²) in [6.07, 6.45) is 0.974. The Kier molecular flexibility index (Phi) is 4.88. The minimum Gasteiger partial charge on any atom is -0.302 e. The Balaban J connectivity index is 3.08. The standard InChI is InChI=1S/C14H19ClN2/c1-5-11-7-6-10(4)12(8-11)17-14(15)13(16)9(2)3/h6-9,16H,5H2,1-4H3. The largest absolute Gasteiger partial charge is 0.302 e. The molecule has 0 heterocycles. The molecule has 2 nitrogen and oxygen atoms in total. The third kappa shape index (κ3) is 3.67. The van der Waals surface area contributed by atoms with E-state index in [1.54, 1.807) is 0 Å². The van der Waals surface area contributed by atoms with Gasteiger partial charge in [0.15, 0.2) is 5.17 Å². The molecule has 92 valence electrons. The molecule has 0 saturated heterocycles. The Morgan fingerprint density at radius 1 is 1.41 bits per heavy atom. The molecule has 0 aliphatic rings. The molecule has 0 aliphatic carbocycles. The van der Waals surface area contributed by atoms with Crippen LogP contribution in [0.3, 0.4) is 0 Å². The van der Waals surface area contributed by atoms with E-state index >= 15 is 0 Å². The average molecular weight is 251 g/mol. The van der Waals surface area contributed by atoms with Crippen LogP contribution < -0.4 is 0 Å². The number of aryl methyl sites for hydroxylation is 2. The molecule has 0 fully saturated rings. The Morgan fingerprint density at radius 3 is 2.59 bits per heavy atom. The number of hydrogen-bond acceptors (Lipinski definition) is 2. The van der Waals surface area contributed by atoms with Crippen molar-refractivity contribution in [2.45, 2.75) is 34.1 Å². The van der Waals surface area contributed by atoms with Crippen LogP contribution in [0, 0.1) is 18.3 Å². The summed E-state index contributed by atoms with van der Waals surface area (Å²) in [4.78, 5) is 4.35. The number of hydrogen-bond donors (Lipinski definition) is 1. The van der Waals surface area contributed by atoms with Gasteiger partial charge in [-0.25, -0.2) is 4.99 Å². The summed E-state index contributed by atoms with van der Waals surface area (Å²) in [6.45, 7) is 7.99. The van der Waals surface area contributed by atoms with Gasteiger partial charge in [0.25, 0.3) is 0 Å². The van der Waals surface area contributed by atoms with Crippen molar-refractivity contribution in [1.29, 1.82) is 5.41 Å². The van der Waals surface area contributed by atoms with Crippen LogP contribution in [0.1, 0.15) is 31.9 Å². The molecule has 0 amide bonds. The predicted molar refractivity (Wildman–Crippen MR) is 76.1 cm³/mol. The second-order valence-corrected chi connectivity index (χ2v) is 4.80. The zero-order valence-electron chi connectivity index (χ0n) is 10.8. The Bertz CT molecular complexity index is 448. The molecule has 1 N–H and O–H groups in total. The zero-order chi connectivity index (χ0) is 13.0. The molecule has 0 unspecified atom stereocenters. The maximum Gasteiger partial charge on any atom is 0.150 e. The summed E-state index contributed by atoms with van der Waals surface area (Å²) in [6, 6.07) is 6.17. The second kappa shape index (κ2) is 5.97. The van der Waals surface area contributed by atoms with Gasteiger partial charge in [-0.3, -0.25) is 0 Å². The third-order valence-corrected chi connectivity index (χ3v) is 2.99. The summed E-state index contributed by atoms with van der Waals surface area (Å²) in [5.74, 6) is 0.0981. The lowest BCUT2D eigenvalue weighted by molar-refractivity contribution is 0.888. The normalized spacial score (nSPS) is 12.0. The lowest BCUT2D eigenvalue weighted by Gasteiger charge is -2.07. The molecule has 0 aliphatic heterocycles. The van der Waals surface area contributed by atoms with E-state index in [1.807, 2.05) is 32.9 Å². The summed E-state index contributed by atoms with van der Waals surface area (Å²) in [5.41, 5.74) is 3.56.